The number of rotatable bonds is 3. The zero-order chi connectivity index (χ0) is 10.7. The molecule has 0 bridgehead atoms. The number of carbonyl (C=O) groups is 1. The number of aldehydes is 1. The number of hydrogen-bond donors (Lipinski definition) is 2. The van der Waals surface area contributed by atoms with Gasteiger partial charge in [-0.05, 0) is 26.0 Å². The van der Waals surface area contributed by atoms with Gasteiger partial charge >= 0.3 is 0 Å². The summed E-state index contributed by atoms with van der Waals surface area (Å²) >= 11 is 0. The van der Waals surface area contributed by atoms with Crippen LogP contribution in [0.4, 0.5) is 0 Å². The largest absolute Gasteiger partial charge is 0.504 e. The maximum absolute atomic E-state index is 10.5. The van der Waals surface area contributed by atoms with E-state index in [9.17, 15) is 15.0 Å². The summed E-state index contributed by atoms with van der Waals surface area (Å²) in [5.74, 6) is -0.586. The van der Waals surface area contributed by atoms with Crippen LogP contribution in [0.25, 0.3) is 0 Å². The van der Waals surface area contributed by atoms with Crippen molar-refractivity contribution in [3.63, 3.8) is 0 Å². The molecule has 1 aromatic carbocycles. The molecule has 0 saturated heterocycles. The Morgan fingerprint density at radius 2 is 2.00 bits per heavy atom. The van der Waals surface area contributed by atoms with E-state index in [2.05, 4.69) is 0 Å². The summed E-state index contributed by atoms with van der Waals surface area (Å²) in [5.41, 5.74) is 0.260. The number of carbonyl (C=O) groups excluding carboxylic acids is 1. The quantitative estimate of drug-likeness (QED) is 0.570. The molecule has 2 N–H and O–H groups in total. The van der Waals surface area contributed by atoms with E-state index in [1.807, 2.05) is 0 Å². The van der Waals surface area contributed by atoms with E-state index < -0.39 is 0 Å². The van der Waals surface area contributed by atoms with Crippen molar-refractivity contribution in [1.29, 1.82) is 0 Å². The molecule has 4 nitrogen and oxygen atoms in total. The highest BCUT2D eigenvalue weighted by molar-refractivity contribution is 5.78. The molecule has 0 saturated carbocycles. The Bertz CT molecular complexity index is 344. The summed E-state index contributed by atoms with van der Waals surface area (Å²) in [6.45, 7) is 3.56. The normalized spacial score (nSPS) is 10.2. The predicted octanol–water partition coefficient (Wildman–Crippen LogP) is 1.70. The van der Waals surface area contributed by atoms with Gasteiger partial charge in [-0.3, -0.25) is 4.79 Å². The van der Waals surface area contributed by atoms with Gasteiger partial charge in [0.1, 0.15) is 6.29 Å². The fourth-order valence-corrected chi connectivity index (χ4v) is 1.03. The highest BCUT2D eigenvalue weighted by Gasteiger charge is 2.11. The van der Waals surface area contributed by atoms with Crippen molar-refractivity contribution in [3.05, 3.63) is 17.7 Å². The predicted molar refractivity (Wildman–Crippen MR) is 50.9 cm³/mol. The second kappa shape index (κ2) is 4.00. The maximum Gasteiger partial charge on any atom is 0.200 e. The van der Waals surface area contributed by atoms with Gasteiger partial charge in [-0.1, -0.05) is 0 Å². The van der Waals surface area contributed by atoms with Gasteiger partial charge in [0.15, 0.2) is 11.5 Å². The van der Waals surface area contributed by atoms with E-state index in [1.165, 1.54) is 12.1 Å². The summed E-state index contributed by atoms with van der Waals surface area (Å²) in [6, 6.07) is 2.55. The SMILES string of the molecule is CC(C)Oc1cc(C=O)cc(O)c1O. The average molecular weight is 196 g/mol. The smallest absolute Gasteiger partial charge is 0.200 e. The van der Waals surface area contributed by atoms with Crippen LogP contribution >= 0.6 is 0 Å². The molecule has 0 aliphatic rings. The van der Waals surface area contributed by atoms with Gasteiger partial charge in [-0.2, -0.15) is 0 Å². The number of phenolic OH excluding ortho intramolecular Hbond substituents is 2. The highest BCUT2D eigenvalue weighted by Crippen LogP contribution is 2.36. The molecule has 0 unspecified atom stereocenters. The molecule has 1 aromatic rings. The maximum atomic E-state index is 10.5. The van der Waals surface area contributed by atoms with E-state index in [-0.39, 0.29) is 28.9 Å². The van der Waals surface area contributed by atoms with Gasteiger partial charge in [0.25, 0.3) is 0 Å². The van der Waals surface area contributed by atoms with E-state index in [0.717, 1.165) is 0 Å². The second-order valence-corrected chi connectivity index (χ2v) is 3.17. The van der Waals surface area contributed by atoms with Crippen LogP contribution < -0.4 is 4.74 Å². The van der Waals surface area contributed by atoms with Gasteiger partial charge in [0.2, 0.25) is 5.75 Å². The fraction of sp³-hybridized carbons (Fsp3) is 0.300. The number of benzene rings is 1. The first-order chi connectivity index (χ1) is 6.54. The van der Waals surface area contributed by atoms with Crippen LogP contribution in [0.1, 0.15) is 24.2 Å². The molecule has 0 atom stereocenters. The third-order valence-corrected chi connectivity index (χ3v) is 1.58. The minimum atomic E-state index is -0.356. The molecule has 0 aliphatic heterocycles. The zero-order valence-electron chi connectivity index (χ0n) is 8.02. The van der Waals surface area contributed by atoms with E-state index in [0.29, 0.717) is 6.29 Å². The van der Waals surface area contributed by atoms with Crippen molar-refractivity contribution in [2.45, 2.75) is 20.0 Å². The Kier molecular flexibility index (Phi) is 2.96. The molecule has 0 radical (unpaired) electrons. The topological polar surface area (TPSA) is 66.8 Å². The summed E-state index contributed by atoms with van der Waals surface area (Å²) in [7, 11) is 0. The fourth-order valence-electron chi connectivity index (χ4n) is 1.03. The lowest BCUT2D eigenvalue weighted by molar-refractivity contribution is 0.112. The van der Waals surface area contributed by atoms with E-state index in [4.69, 9.17) is 4.74 Å². The molecular weight excluding hydrogens is 184 g/mol. The minimum Gasteiger partial charge on any atom is -0.504 e. The lowest BCUT2D eigenvalue weighted by Gasteiger charge is -2.12. The van der Waals surface area contributed by atoms with Gasteiger partial charge in [0, 0.05) is 5.56 Å². The van der Waals surface area contributed by atoms with Crippen molar-refractivity contribution >= 4 is 6.29 Å². The minimum absolute atomic E-state index is 0.113. The van der Waals surface area contributed by atoms with Gasteiger partial charge in [0.05, 0.1) is 6.10 Å². The van der Waals surface area contributed by atoms with Crippen LogP contribution in [0.3, 0.4) is 0 Å². The Balaban J connectivity index is 3.13. The Morgan fingerprint density at radius 1 is 1.36 bits per heavy atom. The molecule has 0 aromatic heterocycles. The molecule has 0 spiro atoms. The van der Waals surface area contributed by atoms with E-state index >= 15 is 0 Å². The van der Waals surface area contributed by atoms with Crippen molar-refractivity contribution in [1.82, 2.24) is 0 Å². The first-order valence-electron chi connectivity index (χ1n) is 4.22. The molecule has 76 valence electrons. The molecule has 0 heterocycles. The van der Waals surface area contributed by atoms with Gasteiger partial charge in [-0.25, -0.2) is 0 Å². The van der Waals surface area contributed by atoms with Crippen LogP contribution in [-0.4, -0.2) is 22.6 Å². The number of aromatic hydroxyl groups is 2. The van der Waals surface area contributed by atoms with Crippen molar-refractivity contribution in [2.24, 2.45) is 0 Å². The lowest BCUT2D eigenvalue weighted by atomic mass is 10.2. The third-order valence-electron chi connectivity index (χ3n) is 1.58. The number of ether oxygens (including phenoxy) is 1. The van der Waals surface area contributed by atoms with Crippen molar-refractivity contribution < 1.29 is 19.7 Å². The van der Waals surface area contributed by atoms with Gasteiger partial charge < -0.3 is 14.9 Å². The molecule has 14 heavy (non-hydrogen) atoms. The van der Waals surface area contributed by atoms with Crippen LogP contribution in [0.15, 0.2) is 12.1 Å². The Morgan fingerprint density at radius 3 is 2.50 bits per heavy atom. The molecule has 0 amide bonds. The standard InChI is InChI=1S/C10H12O4/c1-6(2)14-9-4-7(5-11)3-8(12)10(9)13/h3-6,12-13H,1-2H3. The summed E-state index contributed by atoms with van der Waals surface area (Å²) in [6.07, 6.45) is 0.439. The molecular formula is C10H12O4. The first kappa shape index (κ1) is 10.4. The lowest BCUT2D eigenvalue weighted by Crippen LogP contribution is -2.06. The van der Waals surface area contributed by atoms with Crippen molar-refractivity contribution in [2.75, 3.05) is 0 Å². The van der Waals surface area contributed by atoms with Crippen molar-refractivity contribution in [3.8, 4) is 17.2 Å². The highest BCUT2D eigenvalue weighted by atomic mass is 16.5. The third kappa shape index (κ3) is 2.16. The van der Waals surface area contributed by atoms with E-state index in [1.54, 1.807) is 13.8 Å². The Hall–Kier alpha value is -1.71. The molecule has 1 rings (SSSR count). The number of phenols is 2. The molecule has 4 heteroatoms. The summed E-state index contributed by atoms with van der Waals surface area (Å²) in [4.78, 5) is 10.5. The summed E-state index contributed by atoms with van der Waals surface area (Å²) in [5, 5.41) is 18.6. The van der Waals surface area contributed by atoms with Gasteiger partial charge in [-0.15, -0.1) is 0 Å². The first-order valence-corrected chi connectivity index (χ1v) is 4.22. The van der Waals surface area contributed by atoms with Crippen LogP contribution in [0.5, 0.6) is 17.2 Å². The van der Waals surface area contributed by atoms with Crippen LogP contribution in [0, 0.1) is 0 Å². The Labute approximate surface area is 81.8 Å². The number of hydrogen-bond acceptors (Lipinski definition) is 4. The molecule has 0 aliphatic carbocycles. The zero-order valence-corrected chi connectivity index (χ0v) is 8.02. The van der Waals surface area contributed by atoms with Crippen LogP contribution in [-0.2, 0) is 0 Å². The monoisotopic (exact) mass is 196 g/mol. The average Bonchev–Trinajstić information content (AvgIpc) is 2.11. The second-order valence-electron chi connectivity index (χ2n) is 3.17. The van der Waals surface area contributed by atoms with Crippen LogP contribution in [0.2, 0.25) is 0 Å². The molecule has 0 fully saturated rings. The summed E-state index contributed by atoms with van der Waals surface area (Å²) < 4.78 is 5.20.